The number of aryl methyl sites for hydroxylation is 1. The Morgan fingerprint density at radius 2 is 2.00 bits per heavy atom. The number of hydrogen-bond donors (Lipinski definition) is 1. The van der Waals surface area contributed by atoms with Crippen molar-refractivity contribution < 1.29 is 4.74 Å². The summed E-state index contributed by atoms with van der Waals surface area (Å²) in [6.07, 6.45) is 9.90. The fourth-order valence-corrected chi connectivity index (χ4v) is 7.04. The summed E-state index contributed by atoms with van der Waals surface area (Å²) < 4.78 is 7.52. The zero-order valence-corrected chi connectivity index (χ0v) is 21.2. The van der Waals surface area contributed by atoms with E-state index in [4.69, 9.17) is 9.72 Å². The summed E-state index contributed by atoms with van der Waals surface area (Å²) in [5.41, 5.74) is 6.92. The second kappa shape index (κ2) is 9.06. The molecule has 2 fully saturated rings. The average molecular weight is 479 g/mol. The molecule has 7 nitrogen and oxygen atoms in total. The van der Waals surface area contributed by atoms with Gasteiger partial charge in [-0.1, -0.05) is 13.8 Å². The van der Waals surface area contributed by atoms with Crippen LogP contribution in [0.2, 0.25) is 0 Å². The largest absolute Gasteiger partial charge is 0.380 e. The number of aromatic amines is 1. The van der Waals surface area contributed by atoms with E-state index in [1.54, 1.807) is 6.33 Å². The van der Waals surface area contributed by atoms with Gasteiger partial charge in [0, 0.05) is 49.0 Å². The van der Waals surface area contributed by atoms with E-state index in [9.17, 15) is 0 Å². The number of rotatable bonds is 4. The Morgan fingerprint density at radius 1 is 1.15 bits per heavy atom. The molecule has 0 bridgehead atoms. The third-order valence-corrected chi connectivity index (χ3v) is 8.83. The van der Waals surface area contributed by atoms with Crippen LogP contribution in [0, 0.1) is 6.92 Å². The van der Waals surface area contributed by atoms with Crippen LogP contribution in [-0.4, -0.2) is 61.8 Å². The third kappa shape index (κ3) is 3.95. The smallest absolute Gasteiger partial charge is 0.155 e. The Labute approximate surface area is 204 Å². The summed E-state index contributed by atoms with van der Waals surface area (Å²) in [6, 6.07) is 2.82. The molecule has 34 heavy (non-hydrogen) atoms. The lowest BCUT2D eigenvalue weighted by Gasteiger charge is -2.35. The third-order valence-electron chi connectivity index (χ3n) is 7.70. The lowest BCUT2D eigenvalue weighted by atomic mass is 9.85. The second-order valence-corrected chi connectivity index (χ2v) is 11.3. The van der Waals surface area contributed by atoms with Gasteiger partial charge in [0.05, 0.1) is 17.3 Å². The second-order valence-electron chi connectivity index (χ2n) is 10.2. The highest BCUT2D eigenvalue weighted by Gasteiger charge is 2.30. The number of hydrogen-bond acceptors (Lipinski definition) is 6. The number of nitrogens with zero attached hydrogens (tertiary/aromatic N) is 5. The van der Waals surface area contributed by atoms with Crippen LogP contribution in [0.3, 0.4) is 0 Å². The van der Waals surface area contributed by atoms with Gasteiger partial charge < -0.3 is 9.72 Å². The molecule has 4 aromatic heterocycles. The highest BCUT2D eigenvalue weighted by Crippen LogP contribution is 2.43. The van der Waals surface area contributed by atoms with Crippen molar-refractivity contribution in [2.45, 2.75) is 70.8 Å². The van der Waals surface area contributed by atoms with Crippen LogP contribution in [0.4, 0.5) is 0 Å². The van der Waals surface area contributed by atoms with Crippen LogP contribution in [0.15, 0.2) is 18.6 Å². The Bertz CT molecular complexity index is 1290. The van der Waals surface area contributed by atoms with Crippen molar-refractivity contribution in [2.24, 2.45) is 0 Å². The Hall–Kier alpha value is -2.29. The zero-order chi connectivity index (χ0) is 23.2. The van der Waals surface area contributed by atoms with Gasteiger partial charge in [0.15, 0.2) is 5.65 Å². The number of H-pyrrole nitrogens is 1. The lowest BCUT2D eigenvalue weighted by molar-refractivity contribution is 0.118. The zero-order valence-electron chi connectivity index (χ0n) is 20.4. The van der Waals surface area contributed by atoms with Crippen molar-refractivity contribution >= 4 is 27.3 Å². The molecule has 0 atom stereocenters. The quantitative estimate of drug-likeness (QED) is 0.418. The van der Waals surface area contributed by atoms with E-state index >= 15 is 0 Å². The number of thiazole rings is 1. The highest BCUT2D eigenvalue weighted by atomic mass is 32.1. The fourth-order valence-electron chi connectivity index (χ4n) is 5.89. The lowest BCUT2D eigenvalue weighted by Crippen LogP contribution is -2.39. The van der Waals surface area contributed by atoms with E-state index in [2.05, 4.69) is 53.0 Å². The minimum atomic E-state index is 0.380. The van der Waals surface area contributed by atoms with E-state index in [1.165, 1.54) is 70.9 Å². The van der Waals surface area contributed by atoms with Crippen molar-refractivity contribution in [3.63, 3.8) is 0 Å². The van der Waals surface area contributed by atoms with Gasteiger partial charge in [-0.25, -0.2) is 14.5 Å². The first-order valence-electron chi connectivity index (χ1n) is 12.7. The molecule has 0 radical (unpaired) electrons. The molecule has 1 saturated heterocycles. The maximum Gasteiger partial charge on any atom is 0.155 e. The standard InChI is InChI=1S/C26H34N6OS/c1-16(2)22-23(20-14-32-21(13-17(20)3)27-15-28-32)29-26-24(22)30-25(34-26)18-5-7-19(8-6-18)31-9-4-11-33-12-10-31/h13-16,18-19,29H,4-12H2,1-3H3. The summed E-state index contributed by atoms with van der Waals surface area (Å²) in [4.78, 5) is 17.2. The number of aromatic nitrogens is 5. The highest BCUT2D eigenvalue weighted by molar-refractivity contribution is 7.18. The molecule has 4 aromatic rings. The van der Waals surface area contributed by atoms with Gasteiger partial charge in [-0.3, -0.25) is 4.90 Å². The van der Waals surface area contributed by atoms with Gasteiger partial charge >= 0.3 is 0 Å². The summed E-state index contributed by atoms with van der Waals surface area (Å²) in [5, 5.41) is 5.67. The molecule has 5 heterocycles. The summed E-state index contributed by atoms with van der Waals surface area (Å²) in [7, 11) is 0. The van der Waals surface area contributed by atoms with Gasteiger partial charge in [0.1, 0.15) is 16.7 Å². The number of pyridine rings is 1. The van der Waals surface area contributed by atoms with Crippen LogP contribution in [-0.2, 0) is 4.74 Å². The summed E-state index contributed by atoms with van der Waals surface area (Å²) >= 11 is 1.87. The van der Waals surface area contributed by atoms with Crippen molar-refractivity contribution in [1.29, 1.82) is 0 Å². The van der Waals surface area contributed by atoms with Crippen molar-refractivity contribution in [2.75, 3.05) is 26.3 Å². The van der Waals surface area contributed by atoms with E-state index in [1.807, 2.05) is 15.9 Å². The summed E-state index contributed by atoms with van der Waals surface area (Å²) in [6.45, 7) is 10.8. The van der Waals surface area contributed by atoms with Crippen molar-refractivity contribution in [1.82, 2.24) is 29.5 Å². The molecule has 0 aromatic carbocycles. The van der Waals surface area contributed by atoms with E-state index in [0.717, 1.165) is 37.0 Å². The van der Waals surface area contributed by atoms with E-state index < -0.39 is 0 Å². The normalized spacial score (nSPS) is 22.7. The average Bonchev–Trinajstić information content (AvgIpc) is 3.46. The molecule has 6 rings (SSSR count). The molecule has 180 valence electrons. The van der Waals surface area contributed by atoms with Gasteiger partial charge in [-0.2, -0.15) is 5.10 Å². The molecule has 1 aliphatic carbocycles. The molecular weight excluding hydrogens is 444 g/mol. The molecule has 1 N–H and O–H groups in total. The van der Waals surface area contributed by atoms with Crippen LogP contribution in [0.25, 0.3) is 27.3 Å². The van der Waals surface area contributed by atoms with Crippen LogP contribution >= 0.6 is 11.3 Å². The van der Waals surface area contributed by atoms with Gasteiger partial charge in [0.2, 0.25) is 0 Å². The molecule has 1 saturated carbocycles. The predicted octanol–water partition coefficient (Wildman–Crippen LogP) is 5.51. The van der Waals surface area contributed by atoms with Crippen LogP contribution in [0.1, 0.15) is 73.9 Å². The number of ether oxygens (including phenoxy) is 1. The molecule has 0 amide bonds. The van der Waals surface area contributed by atoms with Gasteiger partial charge in [-0.05, 0) is 56.6 Å². The van der Waals surface area contributed by atoms with Crippen LogP contribution in [0.5, 0.6) is 0 Å². The molecule has 1 aliphatic heterocycles. The minimum Gasteiger partial charge on any atom is -0.380 e. The number of nitrogens with one attached hydrogen (secondary N) is 1. The van der Waals surface area contributed by atoms with Crippen molar-refractivity contribution in [3.8, 4) is 11.3 Å². The van der Waals surface area contributed by atoms with Crippen LogP contribution < -0.4 is 0 Å². The molecular formula is C26H34N6OS. The fraction of sp³-hybridized carbons (Fsp3) is 0.577. The monoisotopic (exact) mass is 478 g/mol. The van der Waals surface area contributed by atoms with Crippen molar-refractivity contribution in [3.05, 3.63) is 34.7 Å². The Balaban J connectivity index is 1.27. The number of fused-ring (bicyclic) bond motifs is 2. The topological polar surface area (TPSA) is 71.3 Å². The first kappa shape index (κ1) is 22.2. The first-order valence-corrected chi connectivity index (χ1v) is 13.5. The summed E-state index contributed by atoms with van der Waals surface area (Å²) in [5.74, 6) is 0.965. The molecule has 2 aliphatic rings. The predicted molar refractivity (Wildman–Crippen MR) is 137 cm³/mol. The minimum absolute atomic E-state index is 0.380. The van der Waals surface area contributed by atoms with Gasteiger partial charge in [-0.15, -0.1) is 11.3 Å². The van der Waals surface area contributed by atoms with E-state index in [0.29, 0.717) is 11.8 Å². The SMILES string of the molecule is Cc1cc2ncnn2cc1-c1[nH]c2sc(C3CCC(N4CCCOCC4)CC3)nc2c1C(C)C. The Morgan fingerprint density at radius 3 is 2.82 bits per heavy atom. The van der Waals surface area contributed by atoms with E-state index in [-0.39, 0.29) is 0 Å². The van der Waals surface area contributed by atoms with Gasteiger partial charge in [0.25, 0.3) is 0 Å². The molecule has 0 unspecified atom stereocenters. The molecule has 0 spiro atoms. The Kier molecular flexibility index (Phi) is 5.91. The molecule has 8 heteroatoms. The maximum absolute atomic E-state index is 5.67. The maximum atomic E-state index is 5.67. The first-order chi connectivity index (χ1) is 16.6.